The molecule has 1 unspecified atom stereocenters. The number of benzene rings is 3. The van der Waals surface area contributed by atoms with Gasteiger partial charge in [0.1, 0.15) is 11.9 Å². The summed E-state index contributed by atoms with van der Waals surface area (Å²) in [4.78, 5) is 38.2. The van der Waals surface area contributed by atoms with Crippen molar-refractivity contribution >= 4 is 16.9 Å². The molecule has 43 heavy (non-hydrogen) atoms. The molecule has 0 bridgehead atoms. The van der Waals surface area contributed by atoms with Crippen LogP contribution in [0.3, 0.4) is 0 Å². The molecule has 2 aromatic heterocycles. The van der Waals surface area contributed by atoms with Crippen molar-refractivity contribution in [3.8, 4) is 22.6 Å². The Labute approximate surface area is 250 Å². The van der Waals surface area contributed by atoms with Gasteiger partial charge >= 0.3 is 0 Å². The van der Waals surface area contributed by atoms with Crippen molar-refractivity contribution in [1.82, 2.24) is 19.4 Å². The van der Waals surface area contributed by atoms with Gasteiger partial charge in [0.2, 0.25) is 5.91 Å². The molecule has 1 atom stereocenters. The molecule has 9 heteroatoms. The van der Waals surface area contributed by atoms with Crippen molar-refractivity contribution in [2.24, 2.45) is 5.73 Å². The maximum Gasteiger partial charge on any atom is 0.267 e. The van der Waals surface area contributed by atoms with Gasteiger partial charge in [-0.2, -0.15) is 0 Å². The Balaban J connectivity index is 1.51. The van der Waals surface area contributed by atoms with Crippen LogP contribution in [0.4, 0.5) is 0 Å². The molecule has 0 aliphatic rings. The van der Waals surface area contributed by atoms with Gasteiger partial charge in [-0.15, -0.1) is 0 Å². The van der Waals surface area contributed by atoms with E-state index in [9.17, 15) is 9.59 Å². The maximum atomic E-state index is 13.8. The first kappa shape index (κ1) is 29.6. The standard InChI is InChI=1S/C34H35N5O4/c1-3-42-22-21-38(30(40)23-24-12-14-26(15-13-24)25-9-6-5-7-10-25)31(35)33-37-32-29(11-8-20-36-32)34(41)39(33)27-16-18-28(19-17-27)43-4-2/h5-20,31H,3-4,21-23,35H2,1-2H3. The number of amides is 1. The van der Waals surface area contributed by atoms with Crippen LogP contribution in [0, 0.1) is 0 Å². The summed E-state index contributed by atoms with van der Waals surface area (Å²) >= 11 is 0. The van der Waals surface area contributed by atoms with Crippen molar-refractivity contribution < 1.29 is 14.3 Å². The molecule has 3 aromatic carbocycles. The first-order chi connectivity index (χ1) is 21.0. The first-order valence-electron chi connectivity index (χ1n) is 14.4. The normalized spacial score (nSPS) is 11.8. The van der Waals surface area contributed by atoms with Crippen molar-refractivity contribution in [1.29, 1.82) is 0 Å². The van der Waals surface area contributed by atoms with Crippen LogP contribution in [0.15, 0.2) is 102 Å². The summed E-state index contributed by atoms with van der Waals surface area (Å²) < 4.78 is 12.6. The highest BCUT2D eigenvalue weighted by Crippen LogP contribution is 2.23. The molecule has 0 saturated carbocycles. The van der Waals surface area contributed by atoms with E-state index in [4.69, 9.17) is 20.2 Å². The van der Waals surface area contributed by atoms with Gasteiger partial charge in [0, 0.05) is 19.3 Å². The Hall–Kier alpha value is -4.86. The zero-order valence-corrected chi connectivity index (χ0v) is 24.3. The third-order valence-corrected chi connectivity index (χ3v) is 7.09. The first-order valence-corrected chi connectivity index (χ1v) is 14.4. The quantitative estimate of drug-likeness (QED) is 0.166. The Kier molecular flexibility index (Phi) is 9.56. The van der Waals surface area contributed by atoms with E-state index in [1.54, 1.807) is 42.6 Å². The fourth-order valence-electron chi connectivity index (χ4n) is 4.93. The molecule has 0 aliphatic heterocycles. The highest BCUT2D eigenvalue weighted by Gasteiger charge is 2.28. The minimum atomic E-state index is -1.05. The van der Waals surface area contributed by atoms with Crippen LogP contribution in [0.5, 0.6) is 5.75 Å². The lowest BCUT2D eigenvalue weighted by Crippen LogP contribution is -2.45. The van der Waals surface area contributed by atoms with Gasteiger partial charge in [-0.1, -0.05) is 54.6 Å². The van der Waals surface area contributed by atoms with Gasteiger partial charge in [-0.3, -0.25) is 14.2 Å². The highest BCUT2D eigenvalue weighted by atomic mass is 16.5. The van der Waals surface area contributed by atoms with E-state index in [1.807, 2.05) is 68.4 Å². The average molecular weight is 578 g/mol. The van der Waals surface area contributed by atoms with Crippen molar-refractivity contribution in [3.05, 3.63) is 119 Å². The van der Waals surface area contributed by atoms with Crippen LogP contribution >= 0.6 is 0 Å². The van der Waals surface area contributed by atoms with Gasteiger partial charge in [-0.25, -0.2) is 9.97 Å². The third-order valence-electron chi connectivity index (χ3n) is 7.09. The van der Waals surface area contributed by atoms with Crippen LogP contribution in [0.25, 0.3) is 27.8 Å². The SMILES string of the molecule is CCOCCN(C(=O)Cc1ccc(-c2ccccc2)cc1)C(N)c1nc2ncccc2c(=O)n1-c1ccc(OCC)cc1. The highest BCUT2D eigenvalue weighted by molar-refractivity contribution is 5.80. The maximum absolute atomic E-state index is 13.8. The van der Waals surface area contributed by atoms with Crippen molar-refractivity contribution in [2.45, 2.75) is 26.4 Å². The summed E-state index contributed by atoms with van der Waals surface area (Å²) in [6, 6.07) is 28.4. The molecule has 2 heterocycles. The minimum Gasteiger partial charge on any atom is -0.494 e. The third kappa shape index (κ3) is 6.80. The summed E-state index contributed by atoms with van der Waals surface area (Å²) in [5, 5.41) is 0.345. The number of hydrogen-bond acceptors (Lipinski definition) is 7. The molecular formula is C34H35N5O4. The zero-order valence-electron chi connectivity index (χ0n) is 24.3. The van der Waals surface area contributed by atoms with E-state index in [0.29, 0.717) is 30.0 Å². The molecular weight excluding hydrogens is 542 g/mol. The van der Waals surface area contributed by atoms with E-state index < -0.39 is 6.17 Å². The van der Waals surface area contributed by atoms with Crippen LogP contribution in [0.2, 0.25) is 0 Å². The van der Waals surface area contributed by atoms with Crippen molar-refractivity contribution in [2.75, 3.05) is 26.4 Å². The van der Waals surface area contributed by atoms with E-state index in [2.05, 4.69) is 4.98 Å². The topological polar surface area (TPSA) is 113 Å². The number of carbonyl (C=O) groups is 1. The number of hydrogen-bond donors (Lipinski definition) is 1. The molecule has 2 N–H and O–H groups in total. The molecule has 0 spiro atoms. The monoisotopic (exact) mass is 577 g/mol. The predicted octanol–water partition coefficient (Wildman–Crippen LogP) is 4.91. The fraction of sp³-hybridized carbons (Fsp3) is 0.235. The minimum absolute atomic E-state index is 0.119. The van der Waals surface area contributed by atoms with Crippen LogP contribution in [0.1, 0.15) is 31.4 Å². The number of ether oxygens (including phenoxy) is 2. The number of nitrogens with two attached hydrogens (primary N) is 1. The lowest BCUT2D eigenvalue weighted by Gasteiger charge is -2.30. The Morgan fingerprint density at radius 1 is 0.907 bits per heavy atom. The summed E-state index contributed by atoms with van der Waals surface area (Å²) in [6.07, 6.45) is 0.637. The second kappa shape index (κ2) is 13.9. The van der Waals surface area contributed by atoms with E-state index >= 15 is 0 Å². The fourth-order valence-corrected chi connectivity index (χ4v) is 4.93. The molecule has 0 aliphatic carbocycles. The number of aromatic nitrogens is 3. The number of carbonyl (C=O) groups excluding carboxylic acids is 1. The van der Waals surface area contributed by atoms with E-state index in [0.717, 1.165) is 16.7 Å². The largest absolute Gasteiger partial charge is 0.494 e. The number of rotatable bonds is 12. The predicted molar refractivity (Wildman–Crippen MR) is 167 cm³/mol. The van der Waals surface area contributed by atoms with Crippen molar-refractivity contribution in [3.63, 3.8) is 0 Å². The molecule has 1 amide bonds. The summed E-state index contributed by atoms with van der Waals surface area (Å²) in [7, 11) is 0. The number of nitrogens with zero attached hydrogens (tertiary/aromatic N) is 4. The second-order valence-electron chi connectivity index (χ2n) is 9.88. The Morgan fingerprint density at radius 2 is 1.63 bits per heavy atom. The second-order valence-corrected chi connectivity index (χ2v) is 9.88. The molecule has 0 saturated heterocycles. The number of pyridine rings is 1. The average Bonchev–Trinajstić information content (AvgIpc) is 3.04. The van der Waals surface area contributed by atoms with Crippen LogP contribution in [-0.2, 0) is 16.0 Å². The summed E-state index contributed by atoms with van der Waals surface area (Å²) in [6.45, 7) is 5.30. The zero-order chi connectivity index (χ0) is 30.2. The molecule has 0 fully saturated rings. The van der Waals surface area contributed by atoms with Gasteiger partial charge < -0.3 is 20.1 Å². The Morgan fingerprint density at radius 3 is 2.33 bits per heavy atom. The summed E-state index contributed by atoms with van der Waals surface area (Å²) in [5.41, 5.74) is 10.3. The van der Waals surface area contributed by atoms with Crippen LogP contribution in [-0.4, -0.2) is 51.7 Å². The van der Waals surface area contributed by atoms with Gasteiger partial charge in [0.25, 0.3) is 5.56 Å². The number of fused-ring (bicyclic) bond motifs is 1. The molecule has 5 rings (SSSR count). The summed E-state index contributed by atoms with van der Waals surface area (Å²) in [5.74, 6) is 0.658. The Bertz CT molecular complexity index is 1720. The smallest absolute Gasteiger partial charge is 0.267 e. The van der Waals surface area contributed by atoms with Gasteiger partial charge in [0.15, 0.2) is 11.5 Å². The molecule has 5 aromatic rings. The van der Waals surface area contributed by atoms with Crippen LogP contribution < -0.4 is 16.0 Å². The van der Waals surface area contributed by atoms with E-state index in [-0.39, 0.29) is 42.5 Å². The lowest BCUT2D eigenvalue weighted by molar-refractivity contribution is -0.134. The molecule has 220 valence electrons. The van der Waals surface area contributed by atoms with Gasteiger partial charge in [0.05, 0.1) is 30.7 Å². The van der Waals surface area contributed by atoms with Gasteiger partial charge in [-0.05, 0) is 66.9 Å². The molecule has 0 radical (unpaired) electrons. The lowest BCUT2D eigenvalue weighted by atomic mass is 10.0. The molecule has 9 nitrogen and oxygen atoms in total. The van der Waals surface area contributed by atoms with E-state index in [1.165, 1.54) is 9.47 Å².